The molecule has 2 aliphatic heterocycles. The number of amides is 3. The maximum atomic E-state index is 14.4. The predicted octanol–water partition coefficient (Wildman–Crippen LogP) is 5.75. The SMILES string of the molecule is CCOc1cc(C#N)ccc1C1=N[C@@H](c2ccc(Cl)cc2)[C@@H](c2ccc(Cl)cc2)N1C(=O)N1CCCNC(=O)C1. The molecule has 5 rings (SSSR count). The molecule has 0 spiro atoms. The maximum Gasteiger partial charge on any atom is 0.326 e. The van der Waals surface area contributed by atoms with Crippen LogP contribution in [0.2, 0.25) is 10.0 Å². The summed E-state index contributed by atoms with van der Waals surface area (Å²) in [6.07, 6.45) is 0.630. The van der Waals surface area contributed by atoms with E-state index in [0.29, 0.717) is 58.9 Å². The molecule has 3 amide bonds. The van der Waals surface area contributed by atoms with E-state index in [9.17, 15) is 14.9 Å². The van der Waals surface area contributed by atoms with Crippen molar-refractivity contribution in [2.45, 2.75) is 25.4 Å². The van der Waals surface area contributed by atoms with Crippen molar-refractivity contribution in [2.75, 3.05) is 26.2 Å². The number of nitriles is 1. The lowest BCUT2D eigenvalue weighted by molar-refractivity contribution is -0.121. The molecule has 10 heteroatoms. The molecule has 0 radical (unpaired) electrons. The second-order valence-corrected chi connectivity index (χ2v) is 10.4. The van der Waals surface area contributed by atoms with E-state index < -0.39 is 12.1 Å². The molecule has 0 aromatic heterocycles. The second kappa shape index (κ2) is 12.0. The van der Waals surface area contributed by atoms with Crippen LogP contribution < -0.4 is 10.1 Å². The third kappa shape index (κ3) is 5.62. The number of carbonyl (C=O) groups is 2. The summed E-state index contributed by atoms with van der Waals surface area (Å²) in [5, 5.41) is 13.5. The van der Waals surface area contributed by atoms with E-state index in [1.54, 1.807) is 52.3 Å². The van der Waals surface area contributed by atoms with Gasteiger partial charge in [-0.15, -0.1) is 0 Å². The number of halogens is 2. The second-order valence-electron chi connectivity index (χ2n) is 9.48. The summed E-state index contributed by atoms with van der Waals surface area (Å²) < 4.78 is 5.93. The molecule has 3 aromatic carbocycles. The van der Waals surface area contributed by atoms with Crippen molar-refractivity contribution in [3.63, 3.8) is 0 Å². The smallest absolute Gasteiger partial charge is 0.326 e. The van der Waals surface area contributed by atoms with Crippen molar-refractivity contribution < 1.29 is 14.3 Å². The largest absolute Gasteiger partial charge is 0.493 e. The van der Waals surface area contributed by atoms with Gasteiger partial charge in [-0.05, 0) is 66.9 Å². The Balaban J connectivity index is 1.71. The van der Waals surface area contributed by atoms with Gasteiger partial charge in [-0.1, -0.05) is 47.5 Å². The lowest BCUT2D eigenvalue weighted by atomic mass is 9.93. The highest BCUT2D eigenvalue weighted by Gasteiger charge is 2.45. The van der Waals surface area contributed by atoms with Crippen molar-refractivity contribution in [1.29, 1.82) is 5.26 Å². The van der Waals surface area contributed by atoms with Crippen molar-refractivity contribution in [3.8, 4) is 11.8 Å². The van der Waals surface area contributed by atoms with Crippen molar-refractivity contribution in [1.82, 2.24) is 15.1 Å². The Hall–Kier alpha value is -4.06. The monoisotopic (exact) mass is 575 g/mol. The molecule has 0 aliphatic carbocycles. The Labute approximate surface area is 242 Å². The predicted molar refractivity (Wildman–Crippen MR) is 154 cm³/mol. The Kier molecular flexibility index (Phi) is 8.24. The van der Waals surface area contributed by atoms with E-state index in [2.05, 4.69) is 11.4 Å². The van der Waals surface area contributed by atoms with Crippen molar-refractivity contribution in [2.24, 2.45) is 4.99 Å². The molecule has 0 bridgehead atoms. The van der Waals surface area contributed by atoms with Crippen LogP contribution in [-0.4, -0.2) is 53.8 Å². The number of ether oxygens (including phenoxy) is 1. The summed E-state index contributed by atoms with van der Waals surface area (Å²) in [4.78, 5) is 35.2. The molecular formula is C30H27Cl2N5O3. The third-order valence-corrected chi connectivity index (χ3v) is 7.38. The molecule has 2 atom stereocenters. The zero-order valence-electron chi connectivity index (χ0n) is 21.8. The number of amidine groups is 1. The average molecular weight is 576 g/mol. The molecule has 0 unspecified atom stereocenters. The quantitative estimate of drug-likeness (QED) is 0.418. The van der Waals surface area contributed by atoms with Gasteiger partial charge in [0.15, 0.2) is 0 Å². The van der Waals surface area contributed by atoms with Gasteiger partial charge < -0.3 is 15.0 Å². The number of benzene rings is 3. The molecule has 3 aromatic rings. The minimum absolute atomic E-state index is 0.0623. The first-order chi connectivity index (χ1) is 19.4. The highest BCUT2D eigenvalue weighted by molar-refractivity contribution is 6.30. The van der Waals surface area contributed by atoms with Crippen LogP contribution in [0.3, 0.4) is 0 Å². The molecule has 204 valence electrons. The van der Waals surface area contributed by atoms with Crippen LogP contribution in [0.5, 0.6) is 5.75 Å². The van der Waals surface area contributed by atoms with Gasteiger partial charge in [-0.3, -0.25) is 14.7 Å². The molecule has 1 saturated heterocycles. The number of nitrogens with zero attached hydrogens (tertiary/aromatic N) is 4. The number of hydrogen-bond acceptors (Lipinski definition) is 5. The summed E-state index contributed by atoms with van der Waals surface area (Å²) in [6.45, 7) is 3.06. The Morgan fingerprint density at radius 2 is 1.75 bits per heavy atom. The highest BCUT2D eigenvalue weighted by atomic mass is 35.5. The number of rotatable bonds is 5. The molecule has 2 heterocycles. The zero-order chi connectivity index (χ0) is 28.2. The number of urea groups is 1. The van der Waals surface area contributed by atoms with Crippen molar-refractivity contribution in [3.05, 3.63) is 99.0 Å². The summed E-state index contributed by atoms with van der Waals surface area (Å²) in [5.74, 6) is 0.620. The topological polar surface area (TPSA) is 98.0 Å². The fourth-order valence-electron chi connectivity index (χ4n) is 5.03. The number of hydrogen-bond donors (Lipinski definition) is 1. The molecule has 8 nitrogen and oxygen atoms in total. The fourth-order valence-corrected chi connectivity index (χ4v) is 5.28. The van der Waals surface area contributed by atoms with Gasteiger partial charge in [-0.2, -0.15) is 5.26 Å². The first-order valence-electron chi connectivity index (χ1n) is 13.0. The van der Waals surface area contributed by atoms with Gasteiger partial charge in [0, 0.05) is 23.1 Å². The van der Waals surface area contributed by atoms with Gasteiger partial charge in [0.05, 0.1) is 29.8 Å². The minimum atomic E-state index is -0.558. The van der Waals surface area contributed by atoms with Crippen LogP contribution in [0.4, 0.5) is 4.79 Å². The van der Waals surface area contributed by atoms with Gasteiger partial charge in [-0.25, -0.2) is 4.79 Å². The first-order valence-corrected chi connectivity index (χ1v) is 13.8. The summed E-state index contributed by atoms with van der Waals surface area (Å²) >= 11 is 12.4. The normalized spacial score (nSPS) is 18.9. The van der Waals surface area contributed by atoms with Crippen LogP contribution in [0.15, 0.2) is 71.7 Å². The van der Waals surface area contributed by atoms with E-state index in [0.717, 1.165) is 11.1 Å². The summed E-state index contributed by atoms with van der Waals surface area (Å²) in [5.41, 5.74) is 2.68. The summed E-state index contributed by atoms with van der Waals surface area (Å²) in [7, 11) is 0. The van der Waals surface area contributed by atoms with E-state index >= 15 is 0 Å². The van der Waals surface area contributed by atoms with E-state index in [1.807, 2.05) is 31.2 Å². The van der Waals surface area contributed by atoms with E-state index in [4.69, 9.17) is 32.9 Å². The average Bonchev–Trinajstić information content (AvgIpc) is 3.21. The third-order valence-electron chi connectivity index (χ3n) is 6.88. The molecule has 40 heavy (non-hydrogen) atoms. The summed E-state index contributed by atoms with van der Waals surface area (Å²) in [6, 6.07) is 20.5. The lowest BCUT2D eigenvalue weighted by Gasteiger charge is -2.33. The fraction of sp³-hybridized carbons (Fsp3) is 0.267. The van der Waals surface area contributed by atoms with Crippen LogP contribution in [0, 0.1) is 11.3 Å². The van der Waals surface area contributed by atoms with Crippen LogP contribution >= 0.6 is 23.2 Å². The van der Waals surface area contributed by atoms with Crippen LogP contribution in [0.25, 0.3) is 0 Å². The molecule has 1 N–H and O–H groups in total. The highest BCUT2D eigenvalue weighted by Crippen LogP contribution is 2.45. The molecule has 1 fully saturated rings. The molecule has 2 aliphatic rings. The number of carbonyl (C=O) groups excluding carboxylic acids is 2. The number of nitrogens with one attached hydrogen (secondary N) is 1. The Bertz CT molecular complexity index is 1480. The first kappa shape index (κ1) is 27.5. The standard InChI is InChI=1S/C30H27Cl2N5O3/c1-2-40-25-16-19(17-33)4-13-24(25)29-35-27(20-5-9-22(31)10-6-20)28(21-7-11-23(32)12-8-21)37(29)30(39)36-15-3-14-34-26(38)18-36/h4-13,16,27-28H,2-3,14-15,18H2,1H3,(H,34,38)/t27-,28+/m0/s1. The number of aliphatic imine (C=N–C) groups is 1. The Morgan fingerprint density at radius 3 is 2.40 bits per heavy atom. The zero-order valence-corrected chi connectivity index (χ0v) is 23.3. The van der Waals surface area contributed by atoms with Gasteiger partial charge in [0.2, 0.25) is 5.91 Å². The van der Waals surface area contributed by atoms with Gasteiger partial charge in [0.1, 0.15) is 24.2 Å². The van der Waals surface area contributed by atoms with Crippen LogP contribution in [0.1, 0.15) is 47.7 Å². The van der Waals surface area contributed by atoms with E-state index in [-0.39, 0.29) is 18.5 Å². The lowest BCUT2D eigenvalue weighted by Crippen LogP contribution is -2.48. The molecule has 0 saturated carbocycles. The van der Waals surface area contributed by atoms with Gasteiger partial charge in [0.25, 0.3) is 0 Å². The molecular weight excluding hydrogens is 549 g/mol. The van der Waals surface area contributed by atoms with Gasteiger partial charge >= 0.3 is 6.03 Å². The van der Waals surface area contributed by atoms with Crippen LogP contribution in [-0.2, 0) is 4.79 Å². The van der Waals surface area contributed by atoms with E-state index in [1.165, 1.54) is 0 Å². The Morgan fingerprint density at radius 1 is 1.07 bits per heavy atom. The maximum absolute atomic E-state index is 14.4. The minimum Gasteiger partial charge on any atom is -0.493 e. The van der Waals surface area contributed by atoms with Crippen molar-refractivity contribution >= 4 is 41.0 Å².